The Morgan fingerprint density at radius 2 is 2.04 bits per heavy atom. The summed E-state index contributed by atoms with van der Waals surface area (Å²) >= 11 is 13.9. The second kappa shape index (κ2) is 11.9. The molecular formula is C20H29Cl2N3S. The molecule has 0 aromatic heterocycles. The predicted octanol–water partition coefficient (Wildman–Crippen LogP) is 5.91. The van der Waals surface area contributed by atoms with Crippen LogP contribution < -0.4 is 11.1 Å². The van der Waals surface area contributed by atoms with E-state index in [0.29, 0.717) is 15.5 Å². The molecule has 1 aliphatic carbocycles. The lowest BCUT2D eigenvalue weighted by molar-refractivity contribution is 0.253. The summed E-state index contributed by atoms with van der Waals surface area (Å²) in [6.07, 6.45) is 14.3. The largest absolute Gasteiger partial charge is 0.390 e. The minimum atomic E-state index is 0.484. The number of hydrogen-bond acceptors (Lipinski definition) is 4. The quantitative estimate of drug-likeness (QED) is 0.269. The van der Waals surface area contributed by atoms with E-state index in [9.17, 15) is 0 Å². The van der Waals surface area contributed by atoms with Gasteiger partial charge in [0.15, 0.2) is 0 Å². The van der Waals surface area contributed by atoms with Crippen LogP contribution in [0.15, 0.2) is 40.5 Å². The molecule has 0 spiro atoms. The van der Waals surface area contributed by atoms with Gasteiger partial charge in [-0.05, 0) is 56.2 Å². The summed E-state index contributed by atoms with van der Waals surface area (Å²) < 4.78 is 0. The molecule has 1 aliphatic rings. The molecule has 0 saturated heterocycles. The van der Waals surface area contributed by atoms with Gasteiger partial charge in [0, 0.05) is 35.8 Å². The molecule has 6 heteroatoms. The zero-order valence-electron chi connectivity index (χ0n) is 15.2. The molecule has 1 fully saturated rings. The van der Waals surface area contributed by atoms with E-state index in [4.69, 9.17) is 28.9 Å². The van der Waals surface area contributed by atoms with Crippen LogP contribution in [0.4, 0.5) is 0 Å². The lowest BCUT2D eigenvalue weighted by atomic mass is 9.79. The van der Waals surface area contributed by atoms with Gasteiger partial charge >= 0.3 is 0 Å². The summed E-state index contributed by atoms with van der Waals surface area (Å²) in [6, 6.07) is 5.71. The third kappa shape index (κ3) is 7.15. The maximum absolute atomic E-state index is 6.17. The van der Waals surface area contributed by atoms with Crippen molar-refractivity contribution >= 4 is 41.2 Å². The summed E-state index contributed by atoms with van der Waals surface area (Å²) in [5, 5.41) is 4.59. The molecule has 3 nitrogen and oxygen atoms in total. The Balaban J connectivity index is 1.58. The van der Waals surface area contributed by atoms with Crippen LogP contribution in [-0.4, -0.2) is 25.1 Å². The fraction of sp³-hybridized carbons (Fsp3) is 0.550. The number of thioether (sulfide) groups is 1. The Labute approximate surface area is 171 Å². The van der Waals surface area contributed by atoms with E-state index < -0.39 is 0 Å². The van der Waals surface area contributed by atoms with Crippen LogP contribution in [0.2, 0.25) is 10.0 Å². The number of aliphatic imine (C=N–C) groups is 1. The minimum Gasteiger partial charge on any atom is -0.390 e. The Bertz CT molecular complexity index is 599. The molecule has 0 unspecified atom stereocenters. The summed E-state index contributed by atoms with van der Waals surface area (Å²) in [6.45, 7) is 1.80. The number of nitrogens with zero attached hydrogens (tertiary/aromatic N) is 1. The Morgan fingerprint density at radius 3 is 2.81 bits per heavy atom. The first-order valence-corrected chi connectivity index (χ1v) is 11.1. The summed E-state index contributed by atoms with van der Waals surface area (Å²) in [4.78, 5) is 5.32. The van der Waals surface area contributed by atoms with E-state index in [1.165, 1.54) is 32.1 Å². The van der Waals surface area contributed by atoms with E-state index in [-0.39, 0.29) is 0 Å². The highest BCUT2D eigenvalue weighted by Gasteiger charge is 2.32. The first kappa shape index (κ1) is 21.6. The molecule has 2 rings (SSSR count). The van der Waals surface area contributed by atoms with Gasteiger partial charge < -0.3 is 11.1 Å². The van der Waals surface area contributed by atoms with Crippen LogP contribution in [0.5, 0.6) is 0 Å². The van der Waals surface area contributed by atoms with E-state index in [0.717, 1.165) is 36.6 Å². The third-order valence-electron chi connectivity index (χ3n) is 4.94. The van der Waals surface area contributed by atoms with E-state index >= 15 is 0 Å². The van der Waals surface area contributed by atoms with Crippen LogP contribution in [0.25, 0.3) is 0 Å². The standard InChI is InChI=1S/C20H29Cl2N3S/c21-17-5-3-6-18(19(17)22)26-16-4-12-24-14-15-25-13-10-20(9-11-23)7-1-2-8-20/h3,5-6,12,14-15,25H,1-2,4,7-11,13,16,23H2/b15-14+,24-12-. The highest BCUT2D eigenvalue weighted by molar-refractivity contribution is 7.99. The molecule has 1 aromatic carbocycles. The summed E-state index contributed by atoms with van der Waals surface area (Å²) in [7, 11) is 0. The average Bonchev–Trinajstić information content (AvgIpc) is 3.09. The molecule has 0 bridgehead atoms. The first-order chi connectivity index (χ1) is 12.7. The van der Waals surface area contributed by atoms with Gasteiger partial charge in [0.2, 0.25) is 0 Å². The minimum absolute atomic E-state index is 0.484. The highest BCUT2D eigenvalue weighted by atomic mass is 35.5. The number of halogens is 2. The third-order valence-corrected chi connectivity index (χ3v) is 6.97. The molecule has 0 atom stereocenters. The van der Waals surface area contributed by atoms with Gasteiger partial charge in [0.25, 0.3) is 0 Å². The van der Waals surface area contributed by atoms with E-state index in [1.807, 2.05) is 30.7 Å². The van der Waals surface area contributed by atoms with Gasteiger partial charge in [0.1, 0.15) is 0 Å². The Morgan fingerprint density at radius 1 is 1.23 bits per heavy atom. The van der Waals surface area contributed by atoms with Crippen LogP contribution in [-0.2, 0) is 0 Å². The molecule has 1 aromatic rings. The molecule has 3 N–H and O–H groups in total. The molecule has 1 saturated carbocycles. The van der Waals surface area contributed by atoms with Crippen molar-refractivity contribution in [1.82, 2.24) is 5.32 Å². The van der Waals surface area contributed by atoms with Gasteiger partial charge in [-0.2, -0.15) is 0 Å². The topological polar surface area (TPSA) is 50.4 Å². The van der Waals surface area contributed by atoms with E-state index in [1.54, 1.807) is 17.8 Å². The van der Waals surface area contributed by atoms with Crippen molar-refractivity contribution in [3.8, 4) is 0 Å². The predicted molar refractivity (Wildman–Crippen MR) is 117 cm³/mol. The Hall–Kier alpha value is -0.680. The van der Waals surface area contributed by atoms with Crippen molar-refractivity contribution in [2.24, 2.45) is 16.1 Å². The molecule has 0 radical (unpaired) electrons. The average molecular weight is 414 g/mol. The lowest BCUT2D eigenvalue weighted by Gasteiger charge is -2.28. The number of benzene rings is 1. The molecule has 144 valence electrons. The lowest BCUT2D eigenvalue weighted by Crippen LogP contribution is -2.25. The van der Waals surface area contributed by atoms with Crippen molar-refractivity contribution in [1.29, 1.82) is 0 Å². The van der Waals surface area contributed by atoms with Gasteiger partial charge in [-0.25, -0.2) is 0 Å². The molecule has 0 heterocycles. The number of nitrogens with two attached hydrogens (primary N) is 1. The Kier molecular flexibility index (Phi) is 9.91. The maximum Gasteiger partial charge on any atom is 0.0728 e. The zero-order valence-corrected chi connectivity index (χ0v) is 17.6. The number of rotatable bonds is 11. The normalized spacial score (nSPS) is 16.7. The van der Waals surface area contributed by atoms with Gasteiger partial charge in [0.05, 0.1) is 10.0 Å². The van der Waals surface area contributed by atoms with Gasteiger partial charge in [-0.1, -0.05) is 42.1 Å². The van der Waals surface area contributed by atoms with Crippen molar-refractivity contribution in [3.05, 3.63) is 40.6 Å². The first-order valence-electron chi connectivity index (χ1n) is 9.34. The molecule has 0 aliphatic heterocycles. The fourth-order valence-electron chi connectivity index (χ4n) is 3.53. The fourth-order valence-corrected chi connectivity index (χ4v) is 4.90. The van der Waals surface area contributed by atoms with Gasteiger partial charge in [-0.15, -0.1) is 11.8 Å². The SMILES string of the molecule is NCCC1(CCN/C=C/N=C\CCSc2cccc(Cl)c2Cl)CCCC1. The van der Waals surface area contributed by atoms with Crippen LogP contribution >= 0.6 is 35.0 Å². The van der Waals surface area contributed by atoms with Crippen LogP contribution in [0.3, 0.4) is 0 Å². The molecule has 26 heavy (non-hydrogen) atoms. The number of nitrogens with one attached hydrogen (secondary N) is 1. The summed E-state index contributed by atoms with van der Waals surface area (Å²) in [5.41, 5.74) is 6.27. The zero-order chi connectivity index (χ0) is 18.7. The second-order valence-corrected chi connectivity index (χ2v) is 8.71. The van der Waals surface area contributed by atoms with Crippen molar-refractivity contribution in [2.75, 3.05) is 18.8 Å². The maximum atomic E-state index is 6.17. The summed E-state index contributed by atoms with van der Waals surface area (Å²) in [5.74, 6) is 0.923. The smallest absolute Gasteiger partial charge is 0.0728 e. The van der Waals surface area contributed by atoms with Crippen molar-refractivity contribution in [3.63, 3.8) is 0 Å². The molecule has 0 amide bonds. The van der Waals surface area contributed by atoms with Crippen LogP contribution in [0, 0.1) is 5.41 Å². The van der Waals surface area contributed by atoms with Crippen LogP contribution in [0.1, 0.15) is 44.9 Å². The number of hydrogen-bond donors (Lipinski definition) is 2. The van der Waals surface area contributed by atoms with E-state index in [2.05, 4.69) is 10.3 Å². The second-order valence-electron chi connectivity index (χ2n) is 6.79. The van der Waals surface area contributed by atoms with Crippen molar-refractivity contribution in [2.45, 2.75) is 49.8 Å². The highest BCUT2D eigenvalue weighted by Crippen LogP contribution is 2.43. The monoisotopic (exact) mass is 413 g/mol. The molecular weight excluding hydrogens is 385 g/mol. The van der Waals surface area contributed by atoms with Gasteiger partial charge in [-0.3, -0.25) is 4.99 Å². The van der Waals surface area contributed by atoms with Crippen molar-refractivity contribution < 1.29 is 0 Å².